The fraction of sp³-hybridized carbons (Fsp3) is 0.300. The van der Waals surface area contributed by atoms with Crippen LogP contribution in [-0.2, 0) is 11.2 Å². The highest BCUT2D eigenvalue weighted by molar-refractivity contribution is 6.01. The summed E-state index contributed by atoms with van der Waals surface area (Å²) in [4.78, 5) is 23.9. The number of phenols is 1. The van der Waals surface area contributed by atoms with Gasteiger partial charge in [-0.1, -0.05) is 32.0 Å². The van der Waals surface area contributed by atoms with Gasteiger partial charge in [-0.05, 0) is 29.7 Å². The van der Waals surface area contributed by atoms with E-state index in [4.69, 9.17) is 9.47 Å². The molecule has 0 spiro atoms. The van der Waals surface area contributed by atoms with Gasteiger partial charge in [0.1, 0.15) is 0 Å². The van der Waals surface area contributed by atoms with E-state index in [2.05, 4.69) is 0 Å². The van der Waals surface area contributed by atoms with Crippen LogP contribution in [0.5, 0.6) is 17.2 Å². The van der Waals surface area contributed by atoms with Gasteiger partial charge in [0.25, 0.3) is 0 Å². The number of Topliss-reactive ketones (excluding diaryl/α,β-unsaturated/α-hetero) is 1. The summed E-state index contributed by atoms with van der Waals surface area (Å²) in [7, 11) is 1.41. The number of fused-ring (bicyclic) bond motifs is 1. The normalized spacial score (nSPS) is 13.0. The lowest BCUT2D eigenvalue weighted by Crippen LogP contribution is -2.15. The van der Waals surface area contributed by atoms with Gasteiger partial charge in [0.15, 0.2) is 17.3 Å². The SMILES string of the molecule is COc1c(O)ccc(-c2ccc3c(c2)CCC3=O)c1OC(=O)C(C)C. The fourth-order valence-electron chi connectivity index (χ4n) is 2.92. The summed E-state index contributed by atoms with van der Waals surface area (Å²) < 4.78 is 10.8. The van der Waals surface area contributed by atoms with E-state index in [0.717, 1.165) is 16.7 Å². The molecular formula is C20H20O5. The number of hydrogen-bond acceptors (Lipinski definition) is 5. The molecule has 0 amide bonds. The molecule has 0 saturated heterocycles. The number of phenolic OH excluding ortho intramolecular Hbond substituents is 1. The van der Waals surface area contributed by atoms with Crippen molar-refractivity contribution in [2.24, 2.45) is 5.92 Å². The van der Waals surface area contributed by atoms with Crippen LogP contribution in [0.4, 0.5) is 0 Å². The predicted octanol–water partition coefficient (Wildman–Crippen LogP) is 3.76. The maximum Gasteiger partial charge on any atom is 0.313 e. The maximum absolute atomic E-state index is 12.1. The smallest absolute Gasteiger partial charge is 0.313 e. The van der Waals surface area contributed by atoms with Gasteiger partial charge in [0.05, 0.1) is 13.0 Å². The minimum atomic E-state index is -0.415. The molecule has 5 nitrogen and oxygen atoms in total. The van der Waals surface area contributed by atoms with Crippen molar-refractivity contribution in [2.45, 2.75) is 26.7 Å². The number of rotatable bonds is 4. The first-order chi connectivity index (χ1) is 11.9. The zero-order valence-corrected chi connectivity index (χ0v) is 14.5. The van der Waals surface area contributed by atoms with Crippen LogP contribution in [0.1, 0.15) is 36.2 Å². The Labute approximate surface area is 146 Å². The average Bonchev–Trinajstić information content (AvgIpc) is 2.95. The Bertz CT molecular complexity index is 851. The van der Waals surface area contributed by atoms with Gasteiger partial charge in [0, 0.05) is 17.5 Å². The molecule has 0 radical (unpaired) electrons. The zero-order chi connectivity index (χ0) is 18.1. The molecule has 0 bridgehead atoms. The summed E-state index contributed by atoms with van der Waals surface area (Å²) in [6.07, 6.45) is 1.23. The Morgan fingerprint density at radius 2 is 1.80 bits per heavy atom. The standard InChI is InChI=1S/C20H20O5/c1-11(2)20(23)25-18-15(7-9-17(22)19(18)24-3)13-4-6-14-12(10-13)5-8-16(14)21/h4,6-7,9-11,22H,5,8H2,1-3H3. The summed E-state index contributed by atoms with van der Waals surface area (Å²) in [6, 6.07) is 8.73. The maximum atomic E-state index is 12.1. The van der Waals surface area contributed by atoms with Crippen molar-refractivity contribution in [1.82, 2.24) is 0 Å². The molecule has 0 aromatic heterocycles. The molecule has 0 atom stereocenters. The third-order valence-electron chi connectivity index (χ3n) is 4.31. The molecular weight excluding hydrogens is 320 g/mol. The summed E-state index contributed by atoms with van der Waals surface area (Å²) >= 11 is 0. The predicted molar refractivity (Wildman–Crippen MR) is 93.2 cm³/mol. The Kier molecular flexibility index (Phi) is 4.49. The lowest BCUT2D eigenvalue weighted by atomic mass is 9.99. The molecule has 1 aliphatic rings. The summed E-state index contributed by atoms with van der Waals surface area (Å²) in [5, 5.41) is 10.0. The number of ketones is 1. The molecule has 2 aromatic carbocycles. The van der Waals surface area contributed by atoms with Crippen molar-refractivity contribution in [3.05, 3.63) is 41.5 Å². The minimum Gasteiger partial charge on any atom is -0.504 e. The van der Waals surface area contributed by atoms with Gasteiger partial charge >= 0.3 is 5.97 Å². The largest absolute Gasteiger partial charge is 0.504 e. The third-order valence-corrected chi connectivity index (χ3v) is 4.31. The van der Waals surface area contributed by atoms with E-state index in [1.807, 2.05) is 12.1 Å². The highest BCUT2D eigenvalue weighted by Gasteiger charge is 2.24. The van der Waals surface area contributed by atoms with Crippen molar-refractivity contribution in [2.75, 3.05) is 7.11 Å². The molecule has 0 unspecified atom stereocenters. The zero-order valence-electron chi connectivity index (χ0n) is 14.5. The Morgan fingerprint density at radius 3 is 2.48 bits per heavy atom. The number of methoxy groups -OCH3 is 1. The van der Waals surface area contributed by atoms with E-state index in [1.165, 1.54) is 13.2 Å². The van der Waals surface area contributed by atoms with E-state index in [9.17, 15) is 14.7 Å². The van der Waals surface area contributed by atoms with Crippen LogP contribution in [0.3, 0.4) is 0 Å². The first kappa shape index (κ1) is 17.0. The van der Waals surface area contributed by atoms with E-state index in [1.54, 1.807) is 26.0 Å². The summed E-state index contributed by atoms with van der Waals surface area (Å²) in [5.41, 5.74) is 3.16. The molecule has 3 rings (SSSR count). The van der Waals surface area contributed by atoms with Crippen LogP contribution >= 0.6 is 0 Å². The van der Waals surface area contributed by atoms with Crippen LogP contribution in [-0.4, -0.2) is 24.0 Å². The lowest BCUT2D eigenvalue weighted by Gasteiger charge is -2.16. The number of benzene rings is 2. The first-order valence-electron chi connectivity index (χ1n) is 8.20. The van der Waals surface area contributed by atoms with E-state index < -0.39 is 5.97 Å². The molecule has 25 heavy (non-hydrogen) atoms. The number of carbonyl (C=O) groups excluding carboxylic acids is 2. The fourth-order valence-corrected chi connectivity index (χ4v) is 2.92. The number of hydrogen-bond donors (Lipinski definition) is 1. The van der Waals surface area contributed by atoms with Crippen LogP contribution < -0.4 is 9.47 Å². The molecule has 0 fully saturated rings. The second-order valence-electron chi connectivity index (χ2n) is 6.37. The van der Waals surface area contributed by atoms with Crippen molar-refractivity contribution in [1.29, 1.82) is 0 Å². The van der Waals surface area contributed by atoms with Gasteiger partial charge in [-0.3, -0.25) is 9.59 Å². The van der Waals surface area contributed by atoms with Gasteiger partial charge in [0.2, 0.25) is 5.75 Å². The Balaban J connectivity index is 2.12. The number of carbonyl (C=O) groups is 2. The van der Waals surface area contributed by atoms with E-state index in [-0.39, 0.29) is 28.9 Å². The quantitative estimate of drug-likeness (QED) is 0.678. The van der Waals surface area contributed by atoms with Crippen LogP contribution in [0.25, 0.3) is 11.1 Å². The molecule has 0 aliphatic heterocycles. The number of aryl methyl sites for hydroxylation is 1. The first-order valence-corrected chi connectivity index (χ1v) is 8.20. The van der Waals surface area contributed by atoms with Gasteiger partial charge in [-0.25, -0.2) is 0 Å². The van der Waals surface area contributed by atoms with Gasteiger partial charge < -0.3 is 14.6 Å². The van der Waals surface area contributed by atoms with Crippen molar-refractivity contribution >= 4 is 11.8 Å². The highest BCUT2D eigenvalue weighted by Crippen LogP contribution is 2.45. The number of aromatic hydroxyl groups is 1. The molecule has 5 heteroatoms. The van der Waals surface area contributed by atoms with Crippen molar-refractivity contribution in [3.8, 4) is 28.4 Å². The summed E-state index contributed by atoms with van der Waals surface area (Å²) in [6.45, 7) is 3.47. The van der Waals surface area contributed by atoms with Gasteiger partial charge in [-0.2, -0.15) is 0 Å². The third kappa shape index (κ3) is 3.09. The minimum absolute atomic E-state index is 0.103. The monoisotopic (exact) mass is 340 g/mol. The van der Waals surface area contributed by atoms with Crippen LogP contribution in [0.2, 0.25) is 0 Å². The van der Waals surface area contributed by atoms with Crippen molar-refractivity contribution < 1.29 is 24.2 Å². The number of ether oxygens (including phenoxy) is 2. The number of esters is 1. The van der Waals surface area contributed by atoms with E-state index >= 15 is 0 Å². The van der Waals surface area contributed by atoms with Crippen molar-refractivity contribution in [3.63, 3.8) is 0 Å². The lowest BCUT2D eigenvalue weighted by molar-refractivity contribution is -0.137. The molecule has 1 N–H and O–H groups in total. The molecule has 1 aliphatic carbocycles. The molecule has 0 saturated carbocycles. The second-order valence-corrected chi connectivity index (χ2v) is 6.37. The van der Waals surface area contributed by atoms with Crippen LogP contribution in [0.15, 0.2) is 30.3 Å². The molecule has 130 valence electrons. The van der Waals surface area contributed by atoms with Gasteiger partial charge in [-0.15, -0.1) is 0 Å². The molecule has 2 aromatic rings. The van der Waals surface area contributed by atoms with Crippen LogP contribution in [0, 0.1) is 5.92 Å². The molecule has 0 heterocycles. The Hall–Kier alpha value is -2.82. The second kappa shape index (κ2) is 6.59. The Morgan fingerprint density at radius 1 is 1.08 bits per heavy atom. The summed E-state index contributed by atoms with van der Waals surface area (Å²) in [5.74, 6) is -0.391. The van der Waals surface area contributed by atoms with E-state index in [0.29, 0.717) is 18.4 Å². The topological polar surface area (TPSA) is 72.8 Å². The average molecular weight is 340 g/mol. The highest BCUT2D eigenvalue weighted by atomic mass is 16.6.